The van der Waals surface area contributed by atoms with Crippen LogP contribution in [0.5, 0.6) is 5.75 Å². The molecule has 7 heteroatoms. The molecule has 0 spiro atoms. The van der Waals surface area contributed by atoms with Crippen LogP contribution in [0.3, 0.4) is 0 Å². The van der Waals surface area contributed by atoms with Crippen LogP contribution in [-0.4, -0.2) is 49.1 Å². The average molecular weight is 444 g/mol. The first-order valence-electron chi connectivity index (χ1n) is 10.2. The van der Waals surface area contributed by atoms with E-state index >= 15 is 0 Å². The Bertz CT molecular complexity index is 1040. The number of rotatable bonds is 7. The van der Waals surface area contributed by atoms with Crippen molar-refractivity contribution in [3.05, 3.63) is 56.3 Å². The number of ketones is 1. The molecule has 1 unspecified atom stereocenters. The van der Waals surface area contributed by atoms with Crippen molar-refractivity contribution in [3.8, 4) is 5.75 Å². The van der Waals surface area contributed by atoms with Gasteiger partial charge in [0, 0.05) is 24.1 Å². The Morgan fingerprint density at radius 1 is 1.19 bits per heavy atom. The first-order valence-corrected chi connectivity index (χ1v) is 11.1. The summed E-state index contributed by atoms with van der Waals surface area (Å²) in [5.74, 6) is -0.561. The molecule has 0 radical (unpaired) electrons. The molecule has 1 N–H and O–H groups in total. The van der Waals surface area contributed by atoms with Crippen molar-refractivity contribution in [2.45, 2.75) is 39.7 Å². The number of carbonyl (C=O) groups is 2. The largest absolute Gasteiger partial charge is 0.507 e. The van der Waals surface area contributed by atoms with E-state index in [0.717, 1.165) is 27.3 Å². The van der Waals surface area contributed by atoms with Crippen LogP contribution >= 0.6 is 11.3 Å². The molecule has 1 aliphatic rings. The predicted octanol–water partition coefficient (Wildman–Crippen LogP) is 4.57. The molecule has 1 aromatic carbocycles. The maximum atomic E-state index is 13.1. The number of aliphatic hydroxyl groups excluding tert-OH is 1. The molecule has 6 nitrogen and oxygen atoms in total. The summed E-state index contributed by atoms with van der Waals surface area (Å²) in [6.07, 6.45) is 0. The van der Waals surface area contributed by atoms with Crippen molar-refractivity contribution in [2.24, 2.45) is 0 Å². The second-order valence-corrected chi connectivity index (χ2v) is 8.96. The van der Waals surface area contributed by atoms with Gasteiger partial charge in [0.25, 0.3) is 11.7 Å². The summed E-state index contributed by atoms with van der Waals surface area (Å²) in [6.45, 7) is 8.43. The number of aliphatic hydroxyl groups is 1. The zero-order valence-corrected chi connectivity index (χ0v) is 19.6. The zero-order valence-electron chi connectivity index (χ0n) is 18.8. The fourth-order valence-electron chi connectivity index (χ4n) is 3.96. The van der Waals surface area contributed by atoms with Crippen LogP contribution in [-0.2, 0) is 14.3 Å². The smallest absolute Gasteiger partial charge is 0.295 e. The Morgan fingerprint density at radius 3 is 2.45 bits per heavy atom. The fourth-order valence-corrected chi connectivity index (χ4v) is 5.01. The summed E-state index contributed by atoms with van der Waals surface area (Å²) in [4.78, 5) is 28.4. The van der Waals surface area contributed by atoms with Gasteiger partial charge in [-0.25, -0.2) is 0 Å². The number of nitrogens with zero attached hydrogens (tertiary/aromatic N) is 1. The number of benzene rings is 1. The number of ether oxygens (including phenoxy) is 2. The van der Waals surface area contributed by atoms with Gasteiger partial charge in [0.1, 0.15) is 11.5 Å². The number of likely N-dealkylation sites (tertiary alicyclic amines) is 1. The normalized spacial score (nSPS) is 18.3. The van der Waals surface area contributed by atoms with Gasteiger partial charge in [-0.1, -0.05) is 13.8 Å². The SMILES string of the molecule is COCCN1C(=O)C(=O)/C(=C(/O)c2cc(C(C)C)c(OC)cc2C)C1c1sccc1C. The number of Topliss-reactive ketones (excluding diaryl/α,β-unsaturated/α-hetero) is 1. The molecular weight excluding hydrogens is 414 g/mol. The molecule has 1 aromatic heterocycles. The van der Waals surface area contributed by atoms with Crippen LogP contribution in [0.4, 0.5) is 0 Å². The third-order valence-corrected chi connectivity index (χ3v) is 6.75. The molecule has 1 aliphatic heterocycles. The van der Waals surface area contributed by atoms with Crippen molar-refractivity contribution in [2.75, 3.05) is 27.4 Å². The molecule has 0 bridgehead atoms. The molecule has 0 aliphatic carbocycles. The zero-order chi connectivity index (χ0) is 22.9. The quantitative estimate of drug-likeness (QED) is 0.386. The van der Waals surface area contributed by atoms with Crippen LogP contribution in [0.1, 0.15) is 52.9 Å². The van der Waals surface area contributed by atoms with E-state index in [1.54, 1.807) is 14.2 Å². The van der Waals surface area contributed by atoms with Gasteiger partial charge in [0.15, 0.2) is 0 Å². The lowest BCUT2D eigenvalue weighted by atomic mass is 9.92. The van der Waals surface area contributed by atoms with Gasteiger partial charge < -0.3 is 19.5 Å². The lowest BCUT2D eigenvalue weighted by Gasteiger charge is -2.25. The molecule has 1 atom stereocenters. The number of hydrogen-bond acceptors (Lipinski definition) is 6. The highest BCUT2D eigenvalue weighted by Crippen LogP contribution is 2.43. The topological polar surface area (TPSA) is 76.1 Å². The van der Waals surface area contributed by atoms with Crippen molar-refractivity contribution < 1.29 is 24.2 Å². The van der Waals surface area contributed by atoms with Crippen molar-refractivity contribution in [1.29, 1.82) is 0 Å². The third kappa shape index (κ3) is 4.12. The minimum absolute atomic E-state index is 0.120. The molecule has 166 valence electrons. The molecule has 1 saturated heterocycles. The van der Waals surface area contributed by atoms with Crippen molar-refractivity contribution >= 4 is 28.8 Å². The summed E-state index contributed by atoms with van der Waals surface area (Å²) >= 11 is 1.47. The summed E-state index contributed by atoms with van der Waals surface area (Å²) < 4.78 is 10.7. The molecule has 2 heterocycles. The molecule has 31 heavy (non-hydrogen) atoms. The van der Waals surface area contributed by atoms with Crippen LogP contribution in [0.2, 0.25) is 0 Å². The van der Waals surface area contributed by atoms with E-state index in [-0.39, 0.29) is 23.8 Å². The highest BCUT2D eigenvalue weighted by Gasteiger charge is 2.47. The van der Waals surface area contributed by atoms with E-state index in [9.17, 15) is 14.7 Å². The summed E-state index contributed by atoms with van der Waals surface area (Å²) in [5, 5.41) is 13.3. The van der Waals surface area contributed by atoms with Gasteiger partial charge >= 0.3 is 0 Å². The van der Waals surface area contributed by atoms with E-state index in [1.165, 1.54) is 16.2 Å². The van der Waals surface area contributed by atoms with Crippen LogP contribution in [0, 0.1) is 13.8 Å². The lowest BCUT2D eigenvalue weighted by Crippen LogP contribution is -2.32. The average Bonchev–Trinajstić information content (AvgIpc) is 3.26. The minimum atomic E-state index is -0.673. The maximum Gasteiger partial charge on any atom is 0.295 e. The van der Waals surface area contributed by atoms with E-state index < -0.39 is 17.7 Å². The first kappa shape index (κ1) is 23.0. The Kier molecular flexibility index (Phi) is 6.86. The van der Waals surface area contributed by atoms with Gasteiger partial charge in [-0.05, 0) is 60.0 Å². The Hall–Kier alpha value is -2.64. The number of aryl methyl sites for hydroxylation is 2. The Labute approximate surface area is 187 Å². The predicted molar refractivity (Wildman–Crippen MR) is 122 cm³/mol. The van der Waals surface area contributed by atoms with Crippen LogP contribution in [0.15, 0.2) is 29.2 Å². The Balaban J connectivity index is 2.24. The summed E-state index contributed by atoms with van der Waals surface area (Å²) in [6, 6.07) is 5.02. The number of thiophene rings is 1. The Morgan fingerprint density at radius 2 is 1.90 bits per heavy atom. The van der Waals surface area contributed by atoms with Crippen molar-refractivity contribution in [1.82, 2.24) is 4.90 Å². The maximum absolute atomic E-state index is 13.1. The molecule has 1 fully saturated rings. The van der Waals surface area contributed by atoms with E-state index in [4.69, 9.17) is 9.47 Å². The molecular formula is C24H29NO5S. The van der Waals surface area contributed by atoms with E-state index in [2.05, 4.69) is 0 Å². The third-order valence-electron chi connectivity index (χ3n) is 5.68. The molecule has 0 saturated carbocycles. The number of hydrogen-bond donors (Lipinski definition) is 1. The second kappa shape index (κ2) is 9.24. The number of carbonyl (C=O) groups excluding carboxylic acids is 2. The van der Waals surface area contributed by atoms with E-state index in [1.807, 2.05) is 51.3 Å². The van der Waals surface area contributed by atoms with Crippen molar-refractivity contribution in [3.63, 3.8) is 0 Å². The van der Waals surface area contributed by atoms with E-state index in [0.29, 0.717) is 12.2 Å². The fraction of sp³-hybridized carbons (Fsp3) is 0.417. The standard InChI is InChI=1S/C24H29NO5S/c1-13(2)16-12-17(15(4)11-18(16)30-6)21(26)19-20(23-14(3)7-10-31-23)25(8-9-29-5)24(28)22(19)27/h7,10-13,20,26H,8-9H2,1-6H3/b21-19+. The van der Waals surface area contributed by atoms with Gasteiger partial charge in [-0.3, -0.25) is 9.59 Å². The minimum Gasteiger partial charge on any atom is -0.507 e. The second-order valence-electron chi connectivity index (χ2n) is 8.02. The highest BCUT2D eigenvalue weighted by molar-refractivity contribution is 7.10. The summed E-state index contributed by atoms with van der Waals surface area (Å²) in [5.41, 5.74) is 3.32. The molecule has 3 rings (SSSR count). The van der Waals surface area contributed by atoms with Gasteiger partial charge in [-0.2, -0.15) is 0 Å². The lowest BCUT2D eigenvalue weighted by molar-refractivity contribution is -0.140. The first-order chi connectivity index (χ1) is 14.7. The van der Waals surface area contributed by atoms with Crippen LogP contribution < -0.4 is 4.74 Å². The molecule has 2 aromatic rings. The highest BCUT2D eigenvalue weighted by atomic mass is 32.1. The summed E-state index contributed by atoms with van der Waals surface area (Å²) in [7, 11) is 3.16. The van der Waals surface area contributed by atoms with Crippen LogP contribution in [0.25, 0.3) is 5.76 Å². The van der Waals surface area contributed by atoms with Gasteiger partial charge in [-0.15, -0.1) is 11.3 Å². The van der Waals surface area contributed by atoms with Gasteiger partial charge in [0.2, 0.25) is 0 Å². The van der Waals surface area contributed by atoms with Gasteiger partial charge in [0.05, 0.1) is 25.3 Å². The monoisotopic (exact) mass is 443 g/mol. The molecule has 1 amide bonds. The number of amides is 1. The number of methoxy groups -OCH3 is 2.